The van der Waals surface area contributed by atoms with Crippen LogP contribution in [0.25, 0.3) is 0 Å². The van der Waals surface area contributed by atoms with Crippen molar-refractivity contribution in [2.45, 2.75) is 44.5 Å². The standard InChI is InChI=1S/C15H23N3O/c1-19-15-6-7-18(11-15)10-14-3-2-12(9-17-14)8-16-13-4-5-13/h2-3,9,13,15-16H,4-8,10-11H2,1H3. The van der Waals surface area contributed by atoms with Crippen LogP contribution in [0.2, 0.25) is 0 Å². The van der Waals surface area contributed by atoms with E-state index in [1.807, 2.05) is 6.20 Å². The Morgan fingerprint density at radius 2 is 2.26 bits per heavy atom. The van der Waals surface area contributed by atoms with Crippen molar-refractivity contribution in [3.05, 3.63) is 29.6 Å². The number of pyridine rings is 1. The van der Waals surface area contributed by atoms with Gasteiger partial charge in [0.15, 0.2) is 0 Å². The summed E-state index contributed by atoms with van der Waals surface area (Å²) in [6.45, 7) is 4.04. The molecule has 0 spiro atoms. The SMILES string of the molecule is COC1CCN(Cc2ccc(CNC3CC3)cn2)C1. The smallest absolute Gasteiger partial charge is 0.0710 e. The van der Waals surface area contributed by atoms with Gasteiger partial charge in [0.25, 0.3) is 0 Å². The molecule has 104 valence electrons. The molecule has 4 nitrogen and oxygen atoms in total. The Morgan fingerprint density at radius 1 is 1.37 bits per heavy atom. The minimum Gasteiger partial charge on any atom is -0.380 e. The summed E-state index contributed by atoms with van der Waals surface area (Å²) in [5.74, 6) is 0. The van der Waals surface area contributed by atoms with Gasteiger partial charge in [0.1, 0.15) is 0 Å². The van der Waals surface area contributed by atoms with Crippen LogP contribution < -0.4 is 5.32 Å². The second kappa shape index (κ2) is 5.99. The molecule has 1 N–H and O–H groups in total. The van der Waals surface area contributed by atoms with Crippen LogP contribution in [0.1, 0.15) is 30.5 Å². The number of aromatic nitrogens is 1. The molecule has 1 aromatic rings. The normalized spacial score (nSPS) is 23.9. The summed E-state index contributed by atoms with van der Waals surface area (Å²) >= 11 is 0. The lowest BCUT2D eigenvalue weighted by molar-refractivity contribution is 0.107. The van der Waals surface area contributed by atoms with Gasteiger partial charge in [-0.25, -0.2) is 0 Å². The second-order valence-electron chi connectivity index (χ2n) is 5.69. The largest absolute Gasteiger partial charge is 0.380 e. The third kappa shape index (κ3) is 3.75. The lowest BCUT2D eigenvalue weighted by Crippen LogP contribution is -2.23. The van der Waals surface area contributed by atoms with Crippen LogP contribution in [0.5, 0.6) is 0 Å². The van der Waals surface area contributed by atoms with Gasteiger partial charge in [-0.15, -0.1) is 0 Å². The number of ether oxygens (including phenoxy) is 1. The van der Waals surface area contributed by atoms with E-state index in [0.29, 0.717) is 6.10 Å². The monoisotopic (exact) mass is 261 g/mol. The molecule has 1 aliphatic carbocycles. The fraction of sp³-hybridized carbons (Fsp3) is 0.667. The van der Waals surface area contributed by atoms with Crippen LogP contribution in [0.15, 0.2) is 18.3 Å². The molecule has 1 saturated carbocycles. The molecule has 2 fully saturated rings. The Morgan fingerprint density at radius 3 is 2.89 bits per heavy atom. The van der Waals surface area contributed by atoms with Gasteiger partial charge < -0.3 is 10.1 Å². The maximum atomic E-state index is 5.39. The van der Waals surface area contributed by atoms with Crippen molar-refractivity contribution in [2.75, 3.05) is 20.2 Å². The summed E-state index contributed by atoms with van der Waals surface area (Å²) in [5.41, 5.74) is 2.44. The van der Waals surface area contributed by atoms with E-state index in [4.69, 9.17) is 4.74 Å². The molecule has 19 heavy (non-hydrogen) atoms. The number of nitrogens with one attached hydrogen (secondary N) is 1. The van der Waals surface area contributed by atoms with E-state index in [-0.39, 0.29) is 0 Å². The molecule has 2 heterocycles. The fourth-order valence-electron chi connectivity index (χ4n) is 2.57. The summed E-state index contributed by atoms with van der Waals surface area (Å²) in [6, 6.07) is 5.11. The van der Waals surface area contributed by atoms with E-state index in [1.54, 1.807) is 7.11 Å². The third-order valence-electron chi connectivity index (χ3n) is 4.01. The lowest BCUT2D eigenvalue weighted by atomic mass is 10.2. The third-order valence-corrected chi connectivity index (χ3v) is 4.01. The van der Waals surface area contributed by atoms with Gasteiger partial charge in [0.2, 0.25) is 0 Å². The first-order valence-corrected chi connectivity index (χ1v) is 7.26. The highest BCUT2D eigenvalue weighted by atomic mass is 16.5. The number of hydrogen-bond donors (Lipinski definition) is 1. The number of likely N-dealkylation sites (tertiary alicyclic amines) is 1. The van der Waals surface area contributed by atoms with Crippen LogP contribution in [-0.2, 0) is 17.8 Å². The van der Waals surface area contributed by atoms with Crippen molar-refractivity contribution in [2.24, 2.45) is 0 Å². The van der Waals surface area contributed by atoms with Crippen molar-refractivity contribution in [1.82, 2.24) is 15.2 Å². The van der Waals surface area contributed by atoms with Crippen LogP contribution in [0, 0.1) is 0 Å². The van der Waals surface area contributed by atoms with Gasteiger partial charge in [-0.1, -0.05) is 6.07 Å². The highest BCUT2D eigenvalue weighted by molar-refractivity contribution is 5.14. The molecule has 0 bridgehead atoms. The first kappa shape index (κ1) is 13.0. The maximum Gasteiger partial charge on any atom is 0.0710 e. The zero-order valence-corrected chi connectivity index (χ0v) is 11.6. The molecule has 1 atom stereocenters. The molecule has 0 amide bonds. The summed E-state index contributed by atoms with van der Waals surface area (Å²) in [7, 11) is 1.80. The van der Waals surface area contributed by atoms with Crippen LogP contribution in [-0.4, -0.2) is 42.2 Å². The summed E-state index contributed by atoms with van der Waals surface area (Å²) in [5, 5.41) is 3.51. The van der Waals surface area contributed by atoms with Gasteiger partial charge in [-0.2, -0.15) is 0 Å². The van der Waals surface area contributed by atoms with Crippen molar-refractivity contribution in [3.8, 4) is 0 Å². The average Bonchev–Trinajstić information content (AvgIpc) is 3.17. The molecular formula is C15H23N3O. The zero-order chi connectivity index (χ0) is 13.1. The molecule has 3 rings (SSSR count). The number of rotatable bonds is 6. The summed E-state index contributed by atoms with van der Waals surface area (Å²) in [6.07, 6.45) is 6.22. The highest BCUT2D eigenvalue weighted by Gasteiger charge is 2.22. The van der Waals surface area contributed by atoms with Crippen LogP contribution >= 0.6 is 0 Å². The molecule has 0 aromatic carbocycles. The van der Waals surface area contributed by atoms with Crippen molar-refractivity contribution in [1.29, 1.82) is 0 Å². The number of methoxy groups -OCH3 is 1. The molecular weight excluding hydrogens is 238 g/mol. The molecule has 2 aliphatic rings. The van der Waals surface area contributed by atoms with Crippen LogP contribution in [0.3, 0.4) is 0 Å². The van der Waals surface area contributed by atoms with Gasteiger partial charge in [-0.05, 0) is 30.9 Å². The number of hydrogen-bond acceptors (Lipinski definition) is 4. The van der Waals surface area contributed by atoms with E-state index in [9.17, 15) is 0 Å². The van der Waals surface area contributed by atoms with Gasteiger partial charge in [0, 0.05) is 45.5 Å². The lowest BCUT2D eigenvalue weighted by Gasteiger charge is -2.15. The minimum atomic E-state index is 0.405. The van der Waals surface area contributed by atoms with Crippen molar-refractivity contribution in [3.63, 3.8) is 0 Å². The molecule has 1 aromatic heterocycles. The van der Waals surface area contributed by atoms with Gasteiger partial charge in [-0.3, -0.25) is 9.88 Å². The van der Waals surface area contributed by atoms with Crippen molar-refractivity contribution < 1.29 is 4.74 Å². The minimum absolute atomic E-state index is 0.405. The maximum absolute atomic E-state index is 5.39. The fourth-order valence-corrected chi connectivity index (χ4v) is 2.57. The topological polar surface area (TPSA) is 37.4 Å². The van der Waals surface area contributed by atoms with E-state index in [1.165, 1.54) is 18.4 Å². The Labute approximate surface area is 115 Å². The Bertz CT molecular complexity index is 402. The first-order valence-electron chi connectivity index (χ1n) is 7.26. The quantitative estimate of drug-likeness (QED) is 0.843. The summed E-state index contributed by atoms with van der Waals surface area (Å²) < 4.78 is 5.39. The highest BCUT2D eigenvalue weighted by Crippen LogP contribution is 2.19. The Balaban J connectivity index is 1.48. The Hall–Kier alpha value is -0.970. The molecule has 0 radical (unpaired) electrons. The van der Waals surface area contributed by atoms with Crippen molar-refractivity contribution >= 4 is 0 Å². The predicted octanol–water partition coefficient (Wildman–Crippen LogP) is 1.55. The van der Waals surface area contributed by atoms with E-state index < -0.39 is 0 Å². The Kier molecular flexibility index (Phi) is 4.11. The van der Waals surface area contributed by atoms with E-state index in [0.717, 1.165) is 44.3 Å². The van der Waals surface area contributed by atoms with Gasteiger partial charge in [0.05, 0.1) is 11.8 Å². The average molecular weight is 261 g/mol. The zero-order valence-electron chi connectivity index (χ0n) is 11.6. The van der Waals surface area contributed by atoms with Crippen LogP contribution in [0.4, 0.5) is 0 Å². The van der Waals surface area contributed by atoms with E-state index >= 15 is 0 Å². The molecule has 1 saturated heterocycles. The van der Waals surface area contributed by atoms with Gasteiger partial charge >= 0.3 is 0 Å². The number of nitrogens with zero attached hydrogens (tertiary/aromatic N) is 2. The van der Waals surface area contributed by atoms with E-state index in [2.05, 4.69) is 27.3 Å². The summed E-state index contributed by atoms with van der Waals surface area (Å²) in [4.78, 5) is 6.98. The second-order valence-corrected chi connectivity index (χ2v) is 5.69. The molecule has 1 unspecified atom stereocenters. The predicted molar refractivity (Wildman–Crippen MR) is 74.8 cm³/mol. The first-order chi connectivity index (χ1) is 9.33. The molecule has 1 aliphatic heterocycles. The molecule has 4 heteroatoms.